The first kappa shape index (κ1) is 14.3. The molecule has 8 heteroatoms. The molecule has 1 heterocycles. The molecular weight excluding hydrogens is 228 g/mol. The van der Waals surface area contributed by atoms with Crippen molar-refractivity contribution in [3.8, 4) is 0 Å². The summed E-state index contributed by atoms with van der Waals surface area (Å²) >= 11 is 0. The van der Waals surface area contributed by atoms with Crippen molar-refractivity contribution >= 4 is 0 Å². The fourth-order valence-corrected chi connectivity index (χ4v) is 0.943. The smallest absolute Gasteiger partial charge is 0.253 e. The zero-order valence-electron chi connectivity index (χ0n) is 8.42. The summed E-state index contributed by atoms with van der Waals surface area (Å²) in [5, 5.41) is 8.62. The van der Waals surface area contributed by atoms with Crippen LogP contribution in [0.3, 0.4) is 0 Å². The Hall–Kier alpha value is -0.700. The highest BCUT2D eigenvalue weighted by atomic mass is 35.7. The minimum absolute atomic E-state index is 0.204. The van der Waals surface area contributed by atoms with Crippen molar-refractivity contribution in [2.24, 2.45) is 7.05 Å². The van der Waals surface area contributed by atoms with Crippen LogP contribution in [0.4, 0.5) is 0 Å². The number of halogens is 1. The minimum atomic E-state index is -4.94. The normalized spacial score (nSPS) is 10.9. The summed E-state index contributed by atoms with van der Waals surface area (Å²) in [6, 6.07) is 0. The van der Waals surface area contributed by atoms with Gasteiger partial charge in [-0.25, -0.2) is 27.8 Å². The van der Waals surface area contributed by atoms with Gasteiger partial charge in [-0.3, -0.25) is 0 Å². The van der Waals surface area contributed by atoms with Gasteiger partial charge in [-0.2, -0.15) is 0 Å². The molecule has 1 N–H and O–H groups in total. The highest BCUT2D eigenvalue weighted by Gasteiger charge is 2.05. The lowest BCUT2D eigenvalue weighted by molar-refractivity contribution is -2.00. The number of hydrogen-bond acceptors (Lipinski definition) is 5. The Morgan fingerprint density at radius 1 is 1.40 bits per heavy atom. The van der Waals surface area contributed by atoms with E-state index in [9.17, 15) is 0 Å². The number of rotatable bonds is 2. The van der Waals surface area contributed by atoms with E-state index in [4.69, 9.17) is 23.7 Å². The van der Waals surface area contributed by atoms with Crippen molar-refractivity contribution in [3.63, 3.8) is 0 Å². The molecule has 0 aliphatic carbocycles. The molecule has 0 amide bonds. The molecule has 0 spiro atoms. The lowest BCUT2D eigenvalue weighted by Gasteiger charge is -2.17. The molecule has 0 radical (unpaired) electrons. The average molecular weight is 241 g/mol. The lowest BCUT2D eigenvalue weighted by Crippen LogP contribution is -2.68. The molecule has 0 bridgehead atoms. The number of aryl methyl sites for hydroxylation is 1. The molecule has 7 nitrogen and oxygen atoms in total. The Morgan fingerprint density at radius 2 is 1.87 bits per heavy atom. The van der Waals surface area contributed by atoms with Gasteiger partial charge in [-0.05, 0) is 0 Å². The summed E-state index contributed by atoms with van der Waals surface area (Å²) in [4.78, 5) is 0. The van der Waals surface area contributed by atoms with Crippen LogP contribution < -0.4 is 23.2 Å². The van der Waals surface area contributed by atoms with Crippen LogP contribution in [0.15, 0.2) is 12.4 Å². The number of nitrogens with zero attached hydrogens (tertiary/aromatic N) is 2. The van der Waals surface area contributed by atoms with Crippen molar-refractivity contribution in [2.75, 3.05) is 6.61 Å². The number of hydrogen-bond donors (Lipinski definition) is 1. The van der Waals surface area contributed by atoms with E-state index in [1.165, 1.54) is 0 Å². The van der Waals surface area contributed by atoms with E-state index in [2.05, 4.69) is 0 Å². The van der Waals surface area contributed by atoms with Crippen molar-refractivity contribution in [1.82, 2.24) is 4.57 Å². The van der Waals surface area contributed by atoms with Gasteiger partial charge in [0.1, 0.15) is 18.9 Å². The fourth-order valence-electron chi connectivity index (χ4n) is 0.943. The molecule has 0 aromatic carbocycles. The summed E-state index contributed by atoms with van der Waals surface area (Å²) in [6.45, 7) is 2.91. The van der Waals surface area contributed by atoms with Gasteiger partial charge in [-0.15, -0.1) is 10.2 Å². The molecular formula is C7H13ClN2O5. The second-order valence-corrected chi connectivity index (χ2v) is 3.51. The number of aromatic nitrogens is 2. The lowest BCUT2D eigenvalue weighted by atomic mass is 10.6. The largest absolute Gasteiger partial charge is 0.392 e. The molecule has 1 rings (SSSR count). The summed E-state index contributed by atoms with van der Waals surface area (Å²) < 4.78 is 38.0. The molecule has 15 heavy (non-hydrogen) atoms. The topological polar surface area (TPSA) is 121 Å². The first-order valence-corrected chi connectivity index (χ1v) is 5.23. The summed E-state index contributed by atoms with van der Waals surface area (Å²) in [7, 11) is -2.96. The number of aliphatic hydroxyl groups excluding tert-OH is 1. The van der Waals surface area contributed by atoms with Crippen LogP contribution in [0.5, 0.6) is 0 Å². The molecule has 0 fully saturated rings. The third kappa shape index (κ3) is 7.25. The Kier molecular flexibility index (Phi) is 5.73. The van der Waals surface area contributed by atoms with E-state index in [0.29, 0.717) is 6.54 Å². The molecule has 0 saturated heterocycles. The van der Waals surface area contributed by atoms with Crippen LogP contribution in [-0.4, -0.2) is 16.3 Å². The first-order chi connectivity index (χ1) is 6.75. The Labute approximate surface area is 89.2 Å². The monoisotopic (exact) mass is 240 g/mol. The molecule has 1 aromatic heterocycles. The van der Waals surface area contributed by atoms with E-state index in [1.54, 1.807) is 0 Å². The molecule has 1 aromatic rings. The summed E-state index contributed by atoms with van der Waals surface area (Å²) in [6.07, 6.45) is 3.94. The summed E-state index contributed by atoms with van der Waals surface area (Å²) in [5.74, 6) is 1.16. The highest BCUT2D eigenvalue weighted by molar-refractivity contribution is 4.78. The third-order valence-electron chi connectivity index (χ3n) is 1.74. The number of imidazole rings is 1. The van der Waals surface area contributed by atoms with Gasteiger partial charge in [0, 0.05) is 6.92 Å². The third-order valence-corrected chi connectivity index (χ3v) is 1.74. The Morgan fingerprint density at radius 3 is 2.13 bits per heavy atom. The zero-order chi connectivity index (χ0) is 12.1. The fraction of sp³-hybridized carbons (Fsp3) is 0.571. The minimum Gasteiger partial charge on any atom is -0.392 e. The molecule has 0 saturated carbocycles. The van der Waals surface area contributed by atoms with Gasteiger partial charge >= 0.3 is 0 Å². The number of aliphatic hydroxyl groups is 1. The molecule has 88 valence electrons. The molecule has 0 atom stereocenters. The quantitative estimate of drug-likeness (QED) is 0.518. The maximum Gasteiger partial charge on any atom is 0.253 e. The van der Waals surface area contributed by atoms with Crippen LogP contribution in [0.1, 0.15) is 5.82 Å². The summed E-state index contributed by atoms with van der Waals surface area (Å²) in [5.41, 5.74) is 0. The van der Waals surface area contributed by atoms with E-state index in [-0.39, 0.29) is 6.61 Å². The van der Waals surface area contributed by atoms with Crippen LogP contribution in [-0.2, 0) is 13.6 Å². The highest BCUT2D eigenvalue weighted by Crippen LogP contribution is 1.90. The van der Waals surface area contributed by atoms with Crippen molar-refractivity contribution in [3.05, 3.63) is 18.2 Å². The maximum atomic E-state index is 8.62. The van der Waals surface area contributed by atoms with Crippen molar-refractivity contribution in [2.45, 2.75) is 13.5 Å². The van der Waals surface area contributed by atoms with Gasteiger partial charge in [0.25, 0.3) is 5.82 Å². The van der Waals surface area contributed by atoms with Crippen molar-refractivity contribution < 1.29 is 38.6 Å². The zero-order valence-corrected chi connectivity index (χ0v) is 9.18. The standard InChI is InChI=1S/C7H13N2O.ClHO4/c1-7-8(2)3-4-9(7)5-6-10;2-1(3,4)5/h3-4,10H,5-6H2,1-2H3;(H,2,3,4,5)/q+1;/p-1. The predicted molar refractivity (Wildman–Crippen MR) is 37.4 cm³/mol. The SMILES string of the molecule is Cc1n(CCO)cc[n+]1C.[O-][Cl+3]([O-])([O-])[O-]. The first-order valence-electron chi connectivity index (χ1n) is 3.99. The van der Waals surface area contributed by atoms with Crippen molar-refractivity contribution in [1.29, 1.82) is 0 Å². The van der Waals surface area contributed by atoms with Crippen LogP contribution in [0.2, 0.25) is 0 Å². The van der Waals surface area contributed by atoms with E-state index in [1.807, 2.05) is 35.5 Å². The van der Waals surface area contributed by atoms with E-state index in [0.717, 1.165) is 5.82 Å². The van der Waals surface area contributed by atoms with E-state index >= 15 is 0 Å². The van der Waals surface area contributed by atoms with Gasteiger partial charge in [0.05, 0.1) is 13.7 Å². The second kappa shape index (κ2) is 6.01. The van der Waals surface area contributed by atoms with Crippen LogP contribution in [0.25, 0.3) is 0 Å². The van der Waals surface area contributed by atoms with Gasteiger partial charge in [0.2, 0.25) is 0 Å². The maximum absolute atomic E-state index is 8.62. The molecule has 0 unspecified atom stereocenters. The second-order valence-electron chi connectivity index (χ2n) is 2.75. The van der Waals surface area contributed by atoms with Gasteiger partial charge in [0.15, 0.2) is 0 Å². The average Bonchev–Trinajstić information content (AvgIpc) is 2.34. The molecule has 0 aliphatic rings. The Bertz CT molecular complexity index is 290. The van der Waals surface area contributed by atoms with Gasteiger partial charge < -0.3 is 5.11 Å². The predicted octanol–water partition coefficient (Wildman–Crippen LogP) is -5.14. The van der Waals surface area contributed by atoms with E-state index < -0.39 is 10.2 Å². The van der Waals surface area contributed by atoms with Gasteiger partial charge in [-0.1, -0.05) is 0 Å². The Balaban J connectivity index is 0.000000336. The van der Waals surface area contributed by atoms with Crippen LogP contribution >= 0.6 is 0 Å². The van der Waals surface area contributed by atoms with Crippen LogP contribution in [0, 0.1) is 17.2 Å². The molecule has 0 aliphatic heterocycles.